The number of hydrogen-bond donors (Lipinski definition) is 2. The highest BCUT2D eigenvalue weighted by Gasteiger charge is 2.33. The summed E-state index contributed by atoms with van der Waals surface area (Å²) in [4.78, 5) is 23.4. The number of methoxy groups -OCH3 is 4. The molecule has 2 N–H and O–H groups in total. The monoisotopic (exact) mass is 286 g/mol. The van der Waals surface area contributed by atoms with Crippen molar-refractivity contribution in [1.82, 2.24) is 0 Å². The van der Waals surface area contributed by atoms with Crippen LogP contribution in [0.1, 0.15) is 20.7 Å². The van der Waals surface area contributed by atoms with Gasteiger partial charge in [0, 0.05) is 0 Å². The molecule has 0 atom stereocenters. The molecule has 0 saturated carbocycles. The van der Waals surface area contributed by atoms with Gasteiger partial charge >= 0.3 is 11.9 Å². The van der Waals surface area contributed by atoms with Gasteiger partial charge in [0.05, 0.1) is 28.4 Å². The minimum atomic E-state index is -1.04. The van der Waals surface area contributed by atoms with Crippen LogP contribution in [0.15, 0.2) is 0 Å². The predicted molar refractivity (Wildman–Crippen MR) is 65.6 cm³/mol. The van der Waals surface area contributed by atoms with Crippen molar-refractivity contribution in [1.29, 1.82) is 0 Å². The van der Waals surface area contributed by atoms with Crippen molar-refractivity contribution in [2.75, 3.05) is 28.4 Å². The number of carbonyl (C=O) groups is 2. The van der Waals surface area contributed by atoms with Crippen LogP contribution in [0.2, 0.25) is 0 Å². The number of carbonyl (C=O) groups excluding carboxylic acids is 2. The van der Waals surface area contributed by atoms with E-state index < -0.39 is 34.6 Å². The van der Waals surface area contributed by atoms with Crippen LogP contribution in [-0.2, 0) is 9.47 Å². The first-order valence-electron chi connectivity index (χ1n) is 5.30. The molecule has 0 aromatic heterocycles. The maximum Gasteiger partial charge on any atom is 0.342 e. The molecule has 0 radical (unpaired) electrons. The van der Waals surface area contributed by atoms with Crippen LogP contribution in [-0.4, -0.2) is 50.6 Å². The molecular weight excluding hydrogens is 272 g/mol. The molecule has 0 heterocycles. The van der Waals surface area contributed by atoms with Gasteiger partial charge in [-0.25, -0.2) is 9.59 Å². The molecule has 0 saturated heterocycles. The topological polar surface area (TPSA) is 112 Å². The number of aromatic hydroxyl groups is 2. The molecule has 1 rings (SSSR count). The van der Waals surface area contributed by atoms with E-state index in [9.17, 15) is 19.8 Å². The molecule has 8 nitrogen and oxygen atoms in total. The van der Waals surface area contributed by atoms with Gasteiger partial charge < -0.3 is 29.2 Å². The summed E-state index contributed by atoms with van der Waals surface area (Å²) in [6.45, 7) is 0. The number of rotatable bonds is 4. The van der Waals surface area contributed by atoms with Crippen molar-refractivity contribution in [3.05, 3.63) is 11.1 Å². The van der Waals surface area contributed by atoms with Gasteiger partial charge in [0.25, 0.3) is 0 Å². The van der Waals surface area contributed by atoms with E-state index in [0.717, 1.165) is 14.2 Å². The van der Waals surface area contributed by atoms with E-state index in [1.807, 2.05) is 0 Å². The number of phenols is 2. The molecule has 110 valence electrons. The molecule has 0 unspecified atom stereocenters. The first-order valence-corrected chi connectivity index (χ1v) is 5.30. The van der Waals surface area contributed by atoms with Crippen LogP contribution >= 0.6 is 0 Å². The first-order chi connectivity index (χ1) is 9.44. The Morgan fingerprint density at radius 1 is 0.750 bits per heavy atom. The largest absolute Gasteiger partial charge is 0.504 e. The second kappa shape index (κ2) is 6.00. The smallest absolute Gasteiger partial charge is 0.342 e. The van der Waals surface area contributed by atoms with Gasteiger partial charge in [0.2, 0.25) is 11.5 Å². The molecule has 0 spiro atoms. The fourth-order valence-corrected chi connectivity index (χ4v) is 1.66. The third-order valence-corrected chi connectivity index (χ3v) is 2.55. The Bertz CT molecular complexity index is 500. The van der Waals surface area contributed by atoms with E-state index in [1.54, 1.807) is 0 Å². The average Bonchev–Trinajstić information content (AvgIpc) is 2.46. The van der Waals surface area contributed by atoms with Gasteiger partial charge in [0.1, 0.15) is 11.1 Å². The number of benzene rings is 1. The summed E-state index contributed by atoms with van der Waals surface area (Å²) in [6.07, 6.45) is 0. The Hall–Kier alpha value is -2.64. The van der Waals surface area contributed by atoms with Crippen molar-refractivity contribution >= 4 is 11.9 Å². The standard InChI is InChI=1S/C12H14O8/c1-17-9-7(13)5(11(15)19-3)6(12(16)20-4)8(14)10(9)18-2/h13-14H,1-4H3. The number of hydrogen-bond acceptors (Lipinski definition) is 8. The molecule has 0 aliphatic heterocycles. The van der Waals surface area contributed by atoms with Crippen LogP contribution in [0.4, 0.5) is 0 Å². The van der Waals surface area contributed by atoms with E-state index >= 15 is 0 Å². The van der Waals surface area contributed by atoms with E-state index in [2.05, 4.69) is 9.47 Å². The highest BCUT2D eigenvalue weighted by Crippen LogP contribution is 2.48. The zero-order chi connectivity index (χ0) is 15.4. The summed E-state index contributed by atoms with van der Waals surface area (Å²) in [6, 6.07) is 0. The molecule has 8 heteroatoms. The Balaban J connectivity index is 3.83. The van der Waals surface area contributed by atoms with E-state index in [-0.39, 0.29) is 11.5 Å². The maximum absolute atomic E-state index is 11.7. The summed E-state index contributed by atoms with van der Waals surface area (Å²) in [5.41, 5.74) is -1.15. The lowest BCUT2D eigenvalue weighted by atomic mass is 10.0. The third-order valence-electron chi connectivity index (χ3n) is 2.55. The predicted octanol–water partition coefficient (Wildman–Crippen LogP) is 0.688. The molecule has 0 aliphatic carbocycles. The van der Waals surface area contributed by atoms with Crippen molar-refractivity contribution in [3.8, 4) is 23.0 Å². The Labute approximate surface area is 114 Å². The lowest BCUT2D eigenvalue weighted by molar-refractivity contribution is 0.0547. The van der Waals surface area contributed by atoms with Crippen LogP contribution in [0.25, 0.3) is 0 Å². The lowest BCUT2D eigenvalue weighted by Gasteiger charge is -2.17. The maximum atomic E-state index is 11.7. The Morgan fingerprint density at radius 2 is 1.05 bits per heavy atom. The van der Waals surface area contributed by atoms with E-state index in [1.165, 1.54) is 14.2 Å². The molecule has 0 bridgehead atoms. The van der Waals surface area contributed by atoms with Gasteiger partial charge in [-0.05, 0) is 0 Å². The van der Waals surface area contributed by atoms with E-state index in [0.29, 0.717) is 0 Å². The second-order valence-corrected chi connectivity index (χ2v) is 3.50. The molecule has 0 amide bonds. The summed E-state index contributed by atoms with van der Waals surface area (Å²) in [7, 11) is 4.49. The molecule has 1 aromatic carbocycles. The number of ether oxygens (including phenoxy) is 4. The summed E-state index contributed by atoms with van der Waals surface area (Å²) >= 11 is 0. The zero-order valence-electron chi connectivity index (χ0n) is 11.3. The Kier molecular flexibility index (Phi) is 4.63. The number of phenolic OH excluding ortho intramolecular Hbond substituents is 2. The second-order valence-electron chi connectivity index (χ2n) is 3.50. The fourth-order valence-electron chi connectivity index (χ4n) is 1.66. The molecule has 1 aromatic rings. The van der Waals surface area contributed by atoms with Gasteiger partial charge in [-0.1, -0.05) is 0 Å². The highest BCUT2D eigenvalue weighted by molar-refractivity contribution is 6.08. The quantitative estimate of drug-likeness (QED) is 0.614. The van der Waals surface area contributed by atoms with Crippen molar-refractivity contribution in [3.63, 3.8) is 0 Å². The van der Waals surface area contributed by atoms with Crippen LogP contribution in [0, 0.1) is 0 Å². The van der Waals surface area contributed by atoms with Gasteiger partial charge in [-0.2, -0.15) is 0 Å². The fraction of sp³-hybridized carbons (Fsp3) is 0.333. The van der Waals surface area contributed by atoms with Crippen LogP contribution in [0.3, 0.4) is 0 Å². The molecule has 20 heavy (non-hydrogen) atoms. The minimum absolute atomic E-state index is 0.307. The first kappa shape index (κ1) is 15.4. The Morgan fingerprint density at radius 3 is 1.25 bits per heavy atom. The summed E-state index contributed by atoms with van der Waals surface area (Å²) < 4.78 is 18.6. The van der Waals surface area contributed by atoms with Crippen LogP contribution < -0.4 is 9.47 Å². The normalized spacial score (nSPS) is 9.80. The van der Waals surface area contributed by atoms with Crippen molar-refractivity contribution < 1.29 is 38.7 Å². The summed E-state index contributed by atoms with van der Waals surface area (Å²) in [5.74, 6) is -4.10. The van der Waals surface area contributed by atoms with E-state index in [4.69, 9.17) is 9.47 Å². The van der Waals surface area contributed by atoms with Gasteiger partial charge in [-0.15, -0.1) is 0 Å². The van der Waals surface area contributed by atoms with Crippen molar-refractivity contribution in [2.45, 2.75) is 0 Å². The van der Waals surface area contributed by atoms with Gasteiger partial charge in [0.15, 0.2) is 11.5 Å². The van der Waals surface area contributed by atoms with Crippen molar-refractivity contribution in [2.24, 2.45) is 0 Å². The molecular formula is C12H14O8. The average molecular weight is 286 g/mol. The minimum Gasteiger partial charge on any atom is -0.504 e. The lowest BCUT2D eigenvalue weighted by Crippen LogP contribution is -2.14. The third kappa shape index (κ3) is 2.27. The number of esters is 2. The molecule has 0 fully saturated rings. The van der Waals surface area contributed by atoms with Crippen LogP contribution in [0.5, 0.6) is 23.0 Å². The highest BCUT2D eigenvalue weighted by atomic mass is 16.5. The SMILES string of the molecule is COC(=O)c1c(O)c(OC)c(OC)c(O)c1C(=O)OC. The van der Waals surface area contributed by atoms with Gasteiger partial charge in [-0.3, -0.25) is 0 Å². The summed E-state index contributed by atoms with van der Waals surface area (Å²) in [5, 5.41) is 20.1. The molecule has 0 aliphatic rings. The zero-order valence-corrected chi connectivity index (χ0v) is 11.3.